The normalized spacial score (nSPS) is 18.5. The lowest BCUT2D eigenvalue weighted by Crippen LogP contribution is -2.46. The molecule has 4 heteroatoms. The summed E-state index contributed by atoms with van der Waals surface area (Å²) < 4.78 is 0. The lowest BCUT2D eigenvalue weighted by atomic mass is 9.54. The maximum absolute atomic E-state index is 4.08. The van der Waals surface area contributed by atoms with E-state index in [0.717, 1.165) is 25.7 Å². The van der Waals surface area contributed by atoms with Crippen LogP contribution in [0.5, 0.6) is 0 Å². The van der Waals surface area contributed by atoms with Crippen molar-refractivity contribution in [3.8, 4) is 11.1 Å². The van der Waals surface area contributed by atoms with Crippen molar-refractivity contribution in [3.63, 3.8) is 0 Å². The van der Waals surface area contributed by atoms with Crippen LogP contribution in [0.2, 0.25) is 0 Å². The van der Waals surface area contributed by atoms with Gasteiger partial charge in [0.1, 0.15) is 0 Å². The van der Waals surface area contributed by atoms with Crippen molar-refractivity contribution in [3.05, 3.63) is 165 Å². The largest absolute Gasteiger partial charge is 0.358 e. The fourth-order valence-electron chi connectivity index (χ4n) is 10.6. The molecule has 2 nitrogen and oxygen atoms in total. The van der Waals surface area contributed by atoms with Crippen molar-refractivity contribution in [2.75, 3.05) is 16.0 Å². The molecule has 10 rings (SSSR count). The molecular weight excluding hydrogens is 707 g/mol. The van der Waals surface area contributed by atoms with Gasteiger partial charge in [0.05, 0.1) is 5.69 Å². The van der Waals surface area contributed by atoms with Gasteiger partial charge in [-0.1, -0.05) is 118 Å². The van der Waals surface area contributed by atoms with E-state index in [0.29, 0.717) is 5.92 Å². The third-order valence-electron chi connectivity index (χ3n) is 13.4. The van der Waals surface area contributed by atoms with Gasteiger partial charge in [0.15, 0.2) is 7.28 Å². The molecule has 5 aliphatic rings. The van der Waals surface area contributed by atoms with Crippen LogP contribution in [0.15, 0.2) is 142 Å². The summed E-state index contributed by atoms with van der Waals surface area (Å²) in [5.74, 6) is 1.50. The summed E-state index contributed by atoms with van der Waals surface area (Å²) in [6.45, 7) is 14.2. The molecule has 1 radical (unpaired) electrons. The summed E-state index contributed by atoms with van der Waals surface area (Å²) in [5.41, 5.74) is 25.9. The molecule has 0 aromatic heterocycles. The van der Waals surface area contributed by atoms with Crippen molar-refractivity contribution in [2.45, 2.75) is 90.4 Å². The molecule has 2 aliphatic heterocycles. The molecule has 57 heavy (non-hydrogen) atoms. The number of nitrogens with zero attached hydrogens (tertiary/aromatic N) is 1. The van der Waals surface area contributed by atoms with Gasteiger partial charge in [0.2, 0.25) is 0 Å². The summed E-state index contributed by atoms with van der Waals surface area (Å²) in [6.07, 6.45) is 11.7. The number of anilines is 4. The Hall–Kier alpha value is -4.93. The van der Waals surface area contributed by atoms with Crippen LogP contribution < -0.4 is 21.1 Å². The van der Waals surface area contributed by atoms with Gasteiger partial charge in [-0.25, -0.2) is 0 Å². The Morgan fingerprint density at radius 2 is 1.60 bits per heavy atom. The number of allylic oxidation sites excluding steroid dienone is 8. The number of fused-ring (bicyclic) bond motifs is 5. The molecule has 0 bridgehead atoms. The summed E-state index contributed by atoms with van der Waals surface area (Å²) in [5, 5.41) is 4.08. The van der Waals surface area contributed by atoms with E-state index in [1.165, 1.54) is 119 Å². The van der Waals surface area contributed by atoms with Gasteiger partial charge in [-0.2, -0.15) is 0 Å². The zero-order valence-electron chi connectivity index (χ0n) is 34.4. The first-order valence-electron chi connectivity index (χ1n) is 21.2. The van der Waals surface area contributed by atoms with Crippen molar-refractivity contribution in [2.24, 2.45) is 5.92 Å². The van der Waals surface area contributed by atoms with E-state index >= 15 is 0 Å². The highest BCUT2D eigenvalue weighted by Crippen LogP contribution is 2.57. The Morgan fingerprint density at radius 3 is 2.42 bits per heavy atom. The molecule has 283 valence electrons. The van der Waals surface area contributed by atoms with E-state index in [4.69, 9.17) is 0 Å². The highest BCUT2D eigenvalue weighted by molar-refractivity contribution is 7.99. The van der Waals surface area contributed by atoms with E-state index in [1.807, 2.05) is 11.8 Å². The molecule has 1 atom stereocenters. The SMILES string of the molecule is CCCCSc1ccc(NC2=C(c3cc(C)c(-c4ccccc4C)c4c3[B]c3cccc5c3N4c3ccccc3C5(C)C)C3=C(CC2)C2=C(C=CCC2)C3C)cc1. The number of hydrogen-bond donors (Lipinski definition) is 1. The van der Waals surface area contributed by atoms with Crippen LogP contribution in [0.3, 0.4) is 0 Å². The van der Waals surface area contributed by atoms with Gasteiger partial charge in [0.25, 0.3) is 0 Å². The lowest BCUT2D eigenvalue weighted by molar-refractivity contribution is 0.632. The topological polar surface area (TPSA) is 15.3 Å². The monoisotopic (exact) mass is 759 g/mol. The summed E-state index contributed by atoms with van der Waals surface area (Å²) in [4.78, 5) is 4.00. The molecule has 0 spiro atoms. The summed E-state index contributed by atoms with van der Waals surface area (Å²) in [6, 6.07) is 36.9. The number of hydrogen-bond acceptors (Lipinski definition) is 3. The van der Waals surface area contributed by atoms with Gasteiger partial charge in [-0.3, -0.25) is 0 Å². The maximum Gasteiger partial charge on any atom is 0.197 e. The van der Waals surface area contributed by atoms with Crippen molar-refractivity contribution >= 4 is 58.3 Å². The van der Waals surface area contributed by atoms with Crippen LogP contribution in [0.1, 0.15) is 94.0 Å². The van der Waals surface area contributed by atoms with Crippen molar-refractivity contribution in [1.29, 1.82) is 0 Å². The molecule has 1 unspecified atom stereocenters. The van der Waals surface area contributed by atoms with Crippen LogP contribution in [0.25, 0.3) is 16.7 Å². The first-order chi connectivity index (χ1) is 27.8. The zero-order valence-corrected chi connectivity index (χ0v) is 35.2. The first kappa shape index (κ1) is 36.4. The number of rotatable bonds is 8. The van der Waals surface area contributed by atoms with Crippen LogP contribution in [0, 0.1) is 19.8 Å². The van der Waals surface area contributed by atoms with E-state index in [-0.39, 0.29) is 5.41 Å². The van der Waals surface area contributed by atoms with Gasteiger partial charge < -0.3 is 10.2 Å². The van der Waals surface area contributed by atoms with Crippen LogP contribution >= 0.6 is 11.8 Å². The lowest BCUT2D eigenvalue weighted by Gasteiger charge is -2.47. The number of thioether (sulfide) groups is 1. The fourth-order valence-corrected chi connectivity index (χ4v) is 11.6. The predicted octanol–water partition coefficient (Wildman–Crippen LogP) is 13.2. The first-order valence-corrected chi connectivity index (χ1v) is 22.2. The van der Waals surface area contributed by atoms with Gasteiger partial charge >= 0.3 is 0 Å². The Kier molecular flexibility index (Phi) is 9.05. The highest BCUT2D eigenvalue weighted by Gasteiger charge is 2.44. The van der Waals surface area contributed by atoms with Crippen LogP contribution in [-0.4, -0.2) is 13.0 Å². The third kappa shape index (κ3) is 5.76. The molecule has 0 amide bonds. The molecule has 1 N–H and O–H groups in total. The molecule has 2 heterocycles. The minimum atomic E-state index is -0.135. The average Bonchev–Trinajstić information content (AvgIpc) is 3.51. The van der Waals surface area contributed by atoms with E-state index in [2.05, 4.69) is 168 Å². The Balaban J connectivity index is 1.24. The van der Waals surface area contributed by atoms with Crippen LogP contribution in [0.4, 0.5) is 22.7 Å². The van der Waals surface area contributed by atoms with Gasteiger partial charge in [-0.05, 0) is 143 Å². The number of unbranched alkanes of at least 4 members (excludes halogenated alkanes) is 1. The number of aryl methyl sites for hydroxylation is 2. The Labute approximate surface area is 345 Å². The fraction of sp³-hybridized carbons (Fsp3) is 0.283. The van der Waals surface area contributed by atoms with Crippen molar-refractivity contribution < 1.29 is 0 Å². The number of para-hydroxylation sites is 2. The highest BCUT2D eigenvalue weighted by atomic mass is 32.2. The molecule has 5 aromatic rings. The Bertz CT molecular complexity index is 2600. The molecule has 5 aromatic carbocycles. The second kappa shape index (κ2) is 14.2. The second-order valence-electron chi connectivity index (χ2n) is 17.3. The second-order valence-corrected chi connectivity index (χ2v) is 18.4. The molecule has 0 fully saturated rings. The minimum absolute atomic E-state index is 0.135. The quantitative estimate of drug-likeness (QED) is 0.0945. The van der Waals surface area contributed by atoms with Crippen molar-refractivity contribution in [1.82, 2.24) is 0 Å². The zero-order chi connectivity index (χ0) is 39.0. The Morgan fingerprint density at radius 1 is 0.807 bits per heavy atom. The standard InChI is InChI=1S/C53H52BN2S/c1-7-8-30-57-36-26-24-35(25-27-36)55-45-29-28-40-39-19-12-11-18-38(39)34(4)48(40)49(45)41-31-33(3)47(37-17-10-9-16-32(37)2)52-50(41)54-44-22-15-21-43-51(44)56(52)46-23-14-13-20-42(46)53(43,5)6/h9-11,13-18,20-27,31,34,55H,7-8,12,19,28-30H2,1-6H3. The minimum Gasteiger partial charge on any atom is -0.358 e. The molecule has 3 aliphatic carbocycles. The number of benzene rings is 5. The smallest absolute Gasteiger partial charge is 0.197 e. The predicted molar refractivity (Wildman–Crippen MR) is 247 cm³/mol. The summed E-state index contributed by atoms with van der Waals surface area (Å²) in [7, 11) is 2.54. The van der Waals surface area contributed by atoms with Gasteiger partial charge in [0, 0.05) is 50.1 Å². The molecular formula is C53H52BN2S. The maximum atomic E-state index is 4.08. The average molecular weight is 760 g/mol. The third-order valence-corrected chi connectivity index (χ3v) is 14.5. The van der Waals surface area contributed by atoms with Gasteiger partial charge in [-0.15, -0.1) is 11.8 Å². The van der Waals surface area contributed by atoms with Crippen LogP contribution in [-0.2, 0) is 5.41 Å². The molecule has 0 saturated carbocycles. The van der Waals surface area contributed by atoms with E-state index in [9.17, 15) is 0 Å². The summed E-state index contributed by atoms with van der Waals surface area (Å²) >= 11 is 1.97. The number of nitrogens with one attached hydrogen (secondary N) is 1. The van der Waals surface area contributed by atoms with E-state index < -0.39 is 0 Å². The van der Waals surface area contributed by atoms with E-state index in [1.54, 1.807) is 11.1 Å². The molecule has 0 saturated heterocycles.